The van der Waals surface area contributed by atoms with Crippen LogP contribution >= 0.6 is 11.6 Å². The molecule has 2 aromatic rings. The maximum atomic E-state index is 11.7. The van der Waals surface area contributed by atoms with E-state index in [1.54, 1.807) is 48.5 Å². The minimum atomic E-state index is -0.354. The highest BCUT2D eigenvalue weighted by Gasteiger charge is 2.00. The molecule has 0 aliphatic carbocycles. The molecule has 5 nitrogen and oxygen atoms in total. The van der Waals surface area contributed by atoms with Crippen LogP contribution in [0.3, 0.4) is 0 Å². The Bertz CT molecular complexity index is 792. The number of hydrogen-bond acceptors (Lipinski definition) is 2. The Hall–Kier alpha value is -2.97. The zero-order chi connectivity index (χ0) is 17.4. The minimum absolute atomic E-state index is 0.122. The number of rotatable bonds is 3. The third kappa shape index (κ3) is 6.03. The Labute approximate surface area is 145 Å². The number of carbonyl (C=O) groups excluding carboxylic acids is 2. The van der Waals surface area contributed by atoms with E-state index in [4.69, 9.17) is 11.6 Å². The maximum absolute atomic E-state index is 11.7. The number of benzene rings is 2. The van der Waals surface area contributed by atoms with E-state index in [0.717, 1.165) is 5.56 Å². The lowest BCUT2D eigenvalue weighted by molar-refractivity contribution is -0.114. The summed E-state index contributed by atoms with van der Waals surface area (Å²) in [6.07, 6.45) is 0. The lowest BCUT2D eigenvalue weighted by Gasteiger charge is -2.05. The van der Waals surface area contributed by atoms with Gasteiger partial charge in [-0.05, 0) is 42.5 Å². The minimum Gasteiger partial charge on any atom is -0.327 e. The van der Waals surface area contributed by atoms with Gasteiger partial charge in [0.15, 0.2) is 0 Å². The molecule has 2 aromatic carbocycles. The molecule has 24 heavy (non-hydrogen) atoms. The molecule has 0 spiro atoms. The highest BCUT2D eigenvalue weighted by Crippen LogP contribution is 2.14. The summed E-state index contributed by atoms with van der Waals surface area (Å²) in [5, 5.41) is 8.53. The zero-order valence-corrected chi connectivity index (χ0v) is 13.8. The van der Waals surface area contributed by atoms with Crippen LogP contribution in [-0.2, 0) is 4.79 Å². The smallest absolute Gasteiger partial charge is 0.319 e. The van der Waals surface area contributed by atoms with Crippen molar-refractivity contribution < 1.29 is 9.59 Å². The number of nitrogens with one attached hydrogen (secondary N) is 3. The van der Waals surface area contributed by atoms with Crippen LogP contribution in [0.15, 0.2) is 48.5 Å². The molecule has 0 aromatic heterocycles. The number of carbonyl (C=O) groups is 2. The van der Waals surface area contributed by atoms with Crippen molar-refractivity contribution in [1.82, 2.24) is 5.32 Å². The number of hydrogen-bond donors (Lipinski definition) is 3. The molecule has 2 rings (SSSR count). The highest BCUT2D eigenvalue weighted by molar-refractivity contribution is 6.30. The molecule has 0 fully saturated rings. The molecule has 6 heteroatoms. The maximum Gasteiger partial charge on any atom is 0.319 e. The van der Waals surface area contributed by atoms with E-state index in [1.165, 1.54) is 6.92 Å². The van der Waals surface area contributed by atoms with Gasteiger partial charge in [-0.2, -0.15) is 0 Å². The molecule has 0 aliphatic rings. The lowest BCUT2D eigenvalue weighted by atomic mass is 10.2. The summed E-state index contributed by atoms with van der Waals surface area (Å²) in [5.74, 6) is 5.66. The van der Waals surface area contributed by atoms with E-state index in [-0.39, 0.29) is 18.5 Å². The van der Waals surface area contributed by atoms with Crippen molar-refractivity contribution in [1.29, 1.82) is 0 Å². The Kier molecular flexibility index (Phi) is 6.23. The van der Waals surface area contributed by atoms with Crippen molar-refractivity contribution in [2.75, 3.05) is 17.2 Å². The molecular formula is C18H16ClN3O2. The molecule has 0 unspecified atom stereocenters. The van der Waals surface area contributed by atoms with Crippen LogP contribution in [0.1, 0.15) is 12.5 Å². The molecule has 3 N–H and O–H groups in total. The molecule has 0 atom stereocenters. The predicted molar refractivity (Wildman–Crippen MR) is 96.1 cm³/mol. The number of anilines is 2. The monoisotopic (exact) mass is 341 g/mol. The quantitative estimate of drug-likeness (QED) is 0.748. The highest BCUT2D eigenvalue weighted by atomic mass is 35.5. The third-order valence-corrected chi connectivity index (χ3v) is 3.09. The van der Waals surface area contributed by atoms with Gasteiger partial charge in [-0.1, -0.05) is 29.5 Å². The van der Waals surface area contributed by atoms with Gasteiger partial charge in [0.05, 0.1) is 6.54 Å². The molecule has 0 bridgehead atoms. The van der Waals surface area contributed by atoms with Gasteiger partial charge in [-0.15, -0.1) is 0 Å². The first-order valence-corrected chi connectivity index (χ1v) is 7.58. The summed E-state index contributed by atoms with van der Waals surface area (Å²) in [6, 6.07) is 13.7. The second kappa shape index (κ2) is 8.61. The van der Waals surface area contributed by atoms with Gasteiger partial charge in [0.2, 0.25) is 5.91 Å². The van der Waals surface area contributed by atoms with Crippen LogP contribution in [0.2, 0.25) is 5.02 Å². The Balaban J connectivity index is 1.80. The standard InChI is InChI=1S/C18H16ClN3O2/c1-13(23)21-16-9-7-14(8-10-16)4-3-11-20-18(24)22-17-6-2-5-15(19)12-17/h2,5-10,12H,11H2,1H3,(H,21,23)(H2,20,22,24). The molecule has 3 amide bonds. The van der Waals surface area contributed by atoms with Crippen molar-refractivity contribution in [3.05, 3.63) is 59.1 Å². The van der Waals surface area contributed by atoms with Gasteiger partial charge in [0.1, 0.15) is 0 Å². The first-order chi connectivity index (χ1) is 11.5. The second-order valence-electron chi connectivity index (χ2n) is 4.88. The molecule has 0 radical (unpaired) electrons. The van der Waals surface area contributed by atoms with E-state index < -0.39 is 0 Å². The van der Waals surface area contributed by atoms with E-state index in [9.17, 15) is 9.59 Å². The fourth-order valence-corrected chi connectivity index (χ4v) is 2.04. The van der Waals surface area contributed by atoms with Crippen molar-refractivity contribution in [3.63, 3.8) is 0 Å². The Morgan fingerprint density at radius 1 is 1.04 bits per heavy atom. The molecule has 0 saturated heterocycles. The van der Waals surface area contributed by atoms with E-state index in [1.807, 2.05) is 0 Å². The molecule has 0 saturated carbocycles. The SMILES string of the molecule is CC(=O)Nc1ccc(C#CCNC(=O)Nc2cccc(Cl)c2)cc1. The summed E-state index contributed by atoms with van der Waals surface area (Å²) >= 11 is 5.84. The van der Waals surface area contributed by atoms with Crippen LogP contribution in [-0.4, -0.2) is 18.5 Å². The zero-order valence-electron chi connectivity index (χ0n) is 13.0. The van der Waals surface area contributed by atoms with Crippen molar-refractivity contribution >= 4 is 34.9 Å². The molecule has 122 valence electrons. The summed E-state index contributed by atoms with van der Waals surface area (Å²) in [4.78, 5) is 22.6. The summed E-state index contributed by atoms with van der Waals surface area (Å²) in [6.45, 7) is 1.66. The largest absolute Gasteiger partial charge is 0.327 e. The summed E-state index contributed by atoms with van der Waals surface area (Å²) < 4.78 is 0. The first-order valence-electron chi connectivity index (χ1n) is 7.20. The summed E-state index contributed by atoms with van der Waals surface area (Å²) in [5.41, 5.74) is 2.12. The Morgan fingerprint density at radius 3 is 2.46 bits per heavy atom. The number of amides is 3. The van der Waals surface area contributed by atoms with Gasteiger partial charge in [0, 0.05) is 28.9 Å². The fraction of sp³-hybridized carbons (Fsp3) is 0.111. The van der Waals surface area contributed by atoms with Crippen LogP contribution in [0.25, 0.3) is 0 Å². The third-order valence-electron chi connectivity index (χ3n) is 2.86. The average molecular weight is 342 g/mol. The van der Waals surface area contributed by atoms with Crippen LogP contribution in [0.5, 0.6) is 0 Å². The van der Waals surface area contributed by atoms with Gasteiger partial charge < -0.3 is 16.0 Å². The van der Waals surface area contributed by atoms with Crippen LogP contribution in [0.4, 0.5) is 16.2 Å². The molecular weight excluding hydrogens is 326 g/mol. The van der Waals surface area contributed by atoms with Crippen molar-refractivity contribution in [2.45, 2.75) is 6.92 Å². The summed E-state index contributed by atoms with van der Waals surface area (Å²) in [7, 11) is 0. The topological polar surface area (TPSA) is 70.2 Å². The van der Waals surface area contributed by atoms with Gasteiger partial charge in [0.25, 0.3) is 0 Å². The number of halogens is 1. The van der Waals surface area contributed by atoms with Crippen molar-refractivity contribution in [3.8, 4) is 11.8 Å². The van der Waals surface area contributed by atoms with Gasteiger partial charge in [-0.3, -0.25) is 4.79 Å². The van der Waals surface area contributed by atoms with Gasteiger partial charge >= 0.3 is 6.03 Å². The normalized spacial score (nSPS) is 9.42. The Morgan fingerprint density at radius 2 is 1.79 bits per heavy atom. The fourth-order valence-electron chi connectivity index (χ4n) is 1.85. The second-order valence-corrected chi connectivity index (χ2v) is 5.31. The van der Waals surface area contributed by atoms with E-state index in [0.29, 0.717) is 16.4 Å². The molecule has 0 aliphatic heterocycles. The lowest BCUT2D eigenvalue weighted by Crippen LogP contribution is -2.28. The van der Waals surface area contributed by atoms with Crippen molar-refractivity contribution in [2.24, 2.45) is 0 Å². The van der Waals surface area contributed by atoms with E-state index in [2.05, 4.69) is 27.8 Å². The van der Waals surface area contributed by atoms with Gasteiger partial charge in [-0.25, -0.2) is 4.79 Å². The predicted octanol–water partition coefficient (Wildman–Crippen LogP) is 3.47. The van der Waals surface area contributed by atoms with Crippen LogP contribution in [0, 0.1) is 11.8 Å². The van der Waals surface area contributed by atoms with Crippen LogP contribution < -0.4 is 16.0 Å². The first kappa shape index (κ1) is 17.4. The number of urea groups is 1. The average Bonchev–Trinajstić information content (AvgIpc) is 2.52. The van der Waals surface area contributed by atoms with E-state index >= 15 is 0 Å². The molecule has 0 heterocycles.